The van der Waals surface area contributed by atoms with Crippen molar-refractivity contribution in [3.05, 3.63) is 87.7 Å². The van der Waals surface area contributed by atoms with Crippen LogP contribution in [0.1, 0.15) is 47.4 Å². The van der Waals surface area contributed by atoms with Crippen LogP contribution < -0.4 is 8.92 Å². The number of hydrogen-bond donors (Lipinski definition) is 0. The zero-order chi connectivity index (χ0) is 28.3. The minimum Gasteiger partial charge on any atom is -0.493 e. The average molecular weight is 579 g/mol. The van der Waals surface area contributed by atoms with Crippen LogP contribution in [0.3, 0.4) is 0 Å². The Morgan fingerprint density at radius 3 is 2.21 bits per heavy atom. The molecule has 1 aliphatic rings. The zero-order valence-electron chi connectivity index (χ0n) is 20.4. The standard InChI is InChI=1S/C27H22F8O3S/c1-36-10-3-2-4-14-12-15(27(33,34)35)5-7-17(14)18-9-11-37-20-13-16(6-8-19(18)20)39-38-26-24(31)22(29)21(28)23(30)25(26)32/h5-8,12-13,18H,2-4,9-11H2,1H3. The van der Waals surface area contributed by atoms with Crippen LogP contribution in [0, 0.1) is 29.1 Å². The van der Waals surface area contributed by atoms with Gasteiger partial charge in [-0.3, -0.25) is 0 Å². The summed E-state index contributed by atoms with van der Waals surface area (Å²) < 4.78 is 124. The second-order valence-electron chi connectivity index (χ2n) is 8.82. The molecule has 3 nitrogen and oxygen atoms in total. The molecule has 0 fully saturated rings. The lowest BCUT2D eigenvalue weighted by molar-refractivity contribution is -0.137. The molecule has 0 amide bonds. The van der Waals surface area contributed by atoms with E-state index >= 15 is 0 Å². The summed E-state index contributed by atoms with van der Waals surface area (Å²) in [5.41, 5.74) is 1.23. The van der Waals surface area contributed by atoms with Crippen LogP contribution in [-0.2, 0) is 17.3 Å². The maximum atomic E-state index is 13.9. The Labute approximate surface area is 223 Å². The summed E-state index contributed by atoms with van der Waals surface area (Å²) in [6.45, 7) is 0.732. The van der Waals surface area contributed by atoms with Crippen LogP contribution in [0.5, 0.6) is 11.5 Å². The van der Waals surface area contributed by atoms with Gasteiger partial charge in [0, 0.05) is 25.2 Å². The molecule has 0 saturated carbocycles. The number of rotatable bonds is 9. The Morgan fingerprint density at radius 2 is 1.54 bits per heavy atom. The lowest BCUT2D eigenvalue weighted by Crippen LogP contribution is -2.17. The van der Waals surface area contributed by atoms with Crippen molar-refractivity contribution in [3.8, 4) is 11.5 Å². The maximum Gasteiger partial charge on any atom is 0.416 e. The molecular formula is C27H22F8O3S. The molecule has 1 aliphatic heterocycles. The van der Waals surface area contributed by atoms with Crippen molar-refractivity contribution in [2.24, 2.45) is 0 Å². The quantitative estimate of drug-likeness (QED) is 0.0839. The van der Waals surface area contributed by atoms with Gasteiger partial charge in [-0.25, -0.2) is 13.2 Å². The molecule has 0 saturated heterocycles. The number of ether oxygens (including phenoxy) is 2. The Kier molecular flexibility index (Phi) is 8.95. The van der Waals surface area contributed by atoms with E-state index in [0.29, 0.717) is 61.2 Å². The molecule has 0 aromatic heterocycles. The highest BCUT2D eigenvalue weighted by Crippen LogP contribution is 2.43. The first kappa shape index (κ1) is 29.0. The first-order valence-corrected chi connectivity index (χ1v) is 12.6. The number of methoxy groups -OCH3 is 1. The van der Waals surface area contributed by atoms with Gasteiger partial charge >= 0.3 is 6.18 Å². The first-order valence-electron chi connectivity index (χ1n) is 11.8. The summed E-state index contributed by atoms with van der Waals surface area (Å²) in [7, 11) is 1.55. The second kappa shape index (κ2) is 12.0. The topological polar surface area (TPSA) is 27.7 Å². The van der Waals surface area contributed by atoms with Crippen LogP contribution in [0.25, 0.3) is 0 Å². The molecule has 39 heavy (non-hydrogen) atoms. The van der Waals surface area contributed by atoms with Gasteiger partial charge in [-0.05, 0) is 61.1 Å². The van der Waals surface area contributed by atoms with Gasteiger partial charge in [-0.1, -0.05) is 12.1 Å². The zero-order valence-corrected chi connectivity index (χ0v) is 21.3. The number of benzene rings is 3. The summed E-state index contributed by atoms with van der Waals surface area (Å²) in [4.78, 5) is 0.241. The lowest BCUT2D eigenvalue weighted by atomic mass is 9.82. The Bertz CT molecular complexity index is 1320. The van der Waals surface area contributed by atoms with Gasteiger partial charge in [0.1, 0.15) is 5.75 Å². The molecule has 1 unspecified atom stereocenters. The fourth-order valence-corrected chi connectivity index (χ4v) is 5.00. The summed E-state index contributed by atoms with van der Waals surface area (Å²) in [5.74, 6) is -12.1. The highest BCUT2D eigenvalue weighted by Gasteiger charge is 2.33. The van der Waals surface area contributed by atoms with Crippen molar-refractivity contribution in [1.29, 1.82) is 0 Å². The number of alkyl halides is 3. The summed E-state index contributed by atoms with van der Waals surface area (Å²) in [6, 6.07) is 8.30. The van der Waals surface area contributed by atoms with Gasteiger partial charge in [-0.15, -0.1) is 0 Å². The molecule has 0 N–H and O–H groups in total. The fraction of sp³-hybridized carbons (Fsp3) is 0.333. The third-order valence-corrected chi connectivity index (χ3v) is 7.00. The third-order valence-electron chi connectivity index (χ3n) is 6.31. The SMILES string of the molecule is COCCCCc1cc(C(F)(F)F)ccc1C1CCOc2cc(SOc3c(F)c(F)c(F)c(F)c3F)ccc21. The number of hydrogen-bond acceptors (Lipinski definition) is 4. The van der Waals surface area contributed by atoms with E-state index in [-0.39, 0.29) is 17.4 Å². The number of unbranched alkanes of at least 4 members (excludes halogenated alkanes) is 1. The van der Waals surface area contributed by atoms with E-state index in [9.17, 15) is 35.1 Å². The molecule has 0 bridgehead atoms. The van der Waals surface area contributed by atoms with Crippen LogP contribution in [0.2, 0.25) is 0 Å². The molecule has 3 aromatic carbocycles. The van der Waals surface area contributed by atoms with E-state index in [0.717, 1.165) is 11.6 Å². The van der Waals surface area contributed by atoms with Gasteiger partial charge < -0.3 is 13.7 Å². The molecule has 1 atom stereocenters. The Balaban J connectivity index is 1.60. The average Bonchev–Trinajstić information content (AvgIpc) is 2.92. The predicted molar refractivity (Wildman–Crippen MR) is 127 cm³/mol. The fourth-order valence-electron chi connectivity index (χ4n) is 4.39. The second-order valence-corrected chi connectivity index (χ2v) is 9.62. The lowest BCUT2D eigenvalue weighted by Gasteiger charge is -2.29. The molecule has 1 heterocycles. The van der Waals surface area contributed by atoms with Gasteiger partial charge in [0.25, 0.3) is 0 Å². The minimum atomic E-state index is -4.49. The number of halogens is 8. The van der Waals surface area contributed by atoms with Crippen LogP contribution in [0.4, 0.5) is 35.1 Å². The van der Waals surface area contributed by atoms with Crippen molar-refractivity contribution in [3.63, 3.8) is 0 Å². The van der Waals surface area contributed by atoms with Crippen LogP contribution >= 0.6 is 12.0 Å². The molecule has 0 spiro atoms. The highest BCUT2D eigenvalue weighted by molar-refractivity contribution is 7.95. The highest BCUT2D eigenvalue weighted by atomic mass is 32.2. The first-order chi connectivity index (χ1) is 18.5. The van der Waals surface area contributed by atoms with E-state index in [1.54, 1.807) is 13.2 Å². The molecule has 4 rings (SSSR count). The van der Waals surface area contributed by atoms with Gasteiger partial charge in [0.05, 0.1) is 29.1 Å². The summed E-state index contributed by atoms with van der Waals surface area (Å²) >= 11 is 0.366. The minimum absolute atomic E-state index is 0.241. The summed E-state index contributed by atoms with van der Waals surface area (Å²) in [5, 5.41) is 0. The van der Waals surface area contributed by atoms with E-state index in [2.05, 4.69) is 0 Å². The van der Waals surface area contributed by atoms with E-state index in [1.165, 1.54) is 24.3 Å². The van der Waals surface area contributed by atoms with Crippen molar-refractivity contribution >= 4 is 12.0 Å². The molecular weight excluding hydrogens is 556 g/mol. The van der Waals surface area contributed by atoms with E-state index in [4.69, 9.17) is 13.7 Å². The van der Waals surface area contributed by atoms with Gasteiger partial charge in [0.2, 0.25) is 34.8 Å². The Morgan fingerprint density at radius 1 is 0.872 bits per heavy atom. The van der Waals surface area contributed by atoms with Crippen molar-refractivity contribution < 1.29 is 48.8 Å². The molecule has 0 aliphatic carbocycles. The van der Waals surface area contributed by atoms with Crippen LogP contribution in [-0.4, -0.2) is 20.3 Å². The predicted octanol–water partition coefficient (Wildman–Crippen LogP) is 8.37. The maximum absolute atomic E-state index is 13.9. The molecule has 0 radical (unpaired) electrons. The number of fused-ring (bicyclic) bond motifs is 1. The van der Waals surface area contributed by atoms with Crippen molar-refractivity contribution in [2.75, 3.05) is 20.3 Å². The van der Waals surface area contributed by atoms with Gasteiger partial charge in [0.15, 0.2) is 0 Å². The number of aryl methyl sites for hydroxylation is 1. The van der Waals surface area contributed by atoms with Crippen LogP contribution in [0.15, 0.2) is 41.3 Å². The third kappa shape index (κ3) is 6.27. The van der Waals surface area contributed by atoms with Crippen molar-refractivity contribution in [2.45, 2.75) is 42.7 Å². The summed E-state index contributed by atoms with van der Waals surface area (Å²) in [6.07, 6.45) is -2.27. The normalized spacial score (nSPS) is 15.2. The molecule has 3 aromatic rings. The Hall–Kier alpha value is -2.99. The van der Waals surface area contributed by atoms with Gasteiger partial charge in [-0.2, -0.15) is 22.0 Å². The van der Waals surface area contributed by atoms with E-state index < -0.39 is 46.6 Å². The smallest absolute Gasteiger partial charge is 0.416 e. The van der Waals surface area contributed by atoms with E-state index in [1.807, 2.05) is 0 Å². The molecule has 210 valence electrons. The molecule has 12 heteroatoms. The largest absolute Gasteiger partial charge is 0.493 e. The van der Waals surface area contributed by atoms with Crippen molar-refractivity contribution in [1.82, 2.24) is 0 Å². The monoisotopic (exact) mass is 578 g/mol.